The summed E-state index contributed by atoms with van der Waals surface area (Å²) < 4.78 is 0. The minimum absolute atomic E-state index is 0.0686. The van der Waals surface area contributed by atoms with E-state index in [1.165, 1.54) is 0 Å². The number of hydrogen-bond donors (Lipinski definition) is 1. The van der Waals surface area contributed by atoms with Gasteiger partial charge in [0.15, 0.2) is 0 Å². The molecule has 17 heavy (non-hydrogen) atoms. The molecule has 1 aromatic rings. The summed E-state index contributed by atoms with van der Waals surface area (Å²) in [6.45, 7) is 4.84. The maximum absolute atomic E-state index is 11.9. The molecule has 0 saturated heterocycles. The van der Waals surface area contributed by atoms with Gasteiger partial charge in [-0.1, -0.05) is 6.07 Å². The zero-order valence-corrected chi connectivity index (χ0v) is 10.5. The van der Waals surface area contributed by atoms with E-state index in [2.05, 4.69) is 4.98 Å². The molecular weight excluding hydrogens is 216 g/mol. The second-order valence-electron chi connectivity index (χ2n) is 4.12. The number of rotatable bonds is 6. The van der Waals surface area contributed by atoms with Crippen LogP contribution in [0.3, 0.4) is 0 Å². The monoisotopic (exact) mass is 236 g/mol. The number of nitrogens with zero attached hydrogens (tertiary/aromatic N) is 2. The van der Waals surface area contributed by atoms with Crippen molar-refractivity contribution in [3.05, 3.63) is 30.1 Å². The summed E-state index contributed by atoms with van der Waals surface area (Å²) in [4.78, 5) is 17.8. The van der Waals surface area contributed by atoms with Crippen LogP contribution in [-0.4, -0.2) is 33.5 Å². The minimum Gasteiger partial charge on any atom is -0.393 e. The average molecular weight is 236 g/mol. The second-order valence-corrected chi connectivity index (χ2v) is 4.12. The van der Waals surface area contributed by atoms with Gasteiger partial charge in [0.1, 0.15) is 0 Å². The Bertz CT molecular complexity index is 339. The molecule has 0 fully saturated rings. The molecule has 1 amide bonds. The van der Waals surface area contributed by atoms with Crippen LogP contribution in [0, 0.1) is 0 Å². The third-order valence-electron chi connectivity index (χ3n) is 2.59. The van der Waals surface area contributed by atoms with Crippen molar-refractivity contribution >= 4 is 5.91 Å². The lowest BCUT2D eigenvalue weighted by molar-refractivity contribution is -0.132. The van der Waals surface area contributed by atoms with E-state index in [4.69, 9.17) is 5.11 Å². The highest BCUT2D eigenvalue weighted by molar-refractivity contribution is 5.76. The maximum Gasteiger partial charge on any atom is 0.223 e. The number of aromatic nitrogens is 1. The quantitative estimate of drug-likeness (QED) is 0.816. The van der Waals surface area contributed by atoms with Crippen LogP contribution in [0.4, 0.5) is 0 Å². The van der Waals surface area contributed by atoms with Crippen molar-refractivity contribution in [2.24, 2.45) is 0 Å². The summed E-state index contributed by atoms with van der Waals surface area (Å²) in [7, 11) is 0. The number of carbonyl (C=O) groups is 1. The second kappa shape index (κ2) is 7.01. The highest BCUT2D eigenvalue weighted by Gasteiger charge is 2.13. The summed E-state index contributed by atoms with van der Waals surface area (Å²) in [5.74, 6) is 0.0686. The average Bonchev–Trinajstić information content (AvgIpc) is 2.34. The third-order valence-corrected chi connectivity index (χ3v) is 2.59. The van der Waals surface area contributed by atoms with Crippen molar-refractivity contribution in [1.82, 2.24) is 9.88 Å². The highest BCUT2D eigenvalue weighted by Crippen LogP contribution is 2.06. The fraction of sp³-hybridized carbons (Fsp3) is 0.538. The van der Waals surface area contributed by atoms with Crippen LogP contribution in [0.15, 0.2) is 24.4 Å². The van der Waals surface area contributed by atoms with E-state index >= 15 is 0 Å². The van der Waals surface area contributed by atoms with Crippen molar-refractivity contribution in [1.29, 1.82) is 0 Å². The Morgan fingerprint density at radius 2 is 2.29 bits per heavy atom. The van der Waals surface area contributed by atoms with Crippen molar-refractivity contribution in [3.63, 3.8) is 0 Å². The number of hydrogen-bond acceptors (Lipinski definition) is 3. The Morgan fingerprint density at radius 3 is 2.82 bits per heavy atom. The smallest absolute Gasteiger partial charge is 0.223 e. The first kappa shape index (κ1) is 13.6. The van der Waals surface area contributed by atoms with Gasteiger partial charge < -0.3 is 10.0 Å². The van der Waals surface area contributed by atoms with Gasteiger partial charge in [0.05, 0.1) is 18.3 Å². The molecule has 0 aliphatic carbocycles. The van der Waals surface area contributed by atoms with E-state index in [1.807, 2.05) is 25.1 Å². The molecule has 1 N–H and O–H groups in total. The Hall–Kier alpha value is -1.42. The summed E-state index contributed by atoms with van der Waals surface area (Å²) in [6, 6.07) is 5.68. The van der Waals surface area contributed by atoms with Crippen molar-refractivity contribution < 1.29 is 9.90 Å². The Balaban J connectivity index is 2.51. The zero-order valence-electron chi connectivity index (χ0n) is 10.5. The van der Waals surface area contributed by atoms with Gasteiger partial charge in [0.25, 0.3) is 0 Å². The summed E-state index contributed by atoms with van der Waals surface area (Å²) >= 11 is 0. The predicted octanol–water partition coefficient (Wildman–Crippen LogP) is 1.59. The summed E-state index contributed by atoms with van der Waals surface area (Å²) in [6.07, 6.45) is 2.20. The standard InChI is InChI=1S/C13H20N2O2/c1-3-15(13(17)8-7-11(2)16)10-12-6-4-5-9-14-12/h4-6,9,11,16H,3,7-8,10H2,1-2H3. The van der Waals surface area contributed by atoms with E-state index in [0.717, 1.165) is 5.69 Å². The molecule has 94 valence electrons. The normalized spacial score (nSPS) is 12.2. The van der Waals surface area contributed by atoms with Gasteiger partial charge in [-0.3, -0.25) is 9.78 Å². The van der Waals surface area contributed by atoms with E-state index < -0.39 is 6.10 Å². The predicted molar refractivity (Wildman–Crippen MR) is 66.2 cm³/mol. The van der Waals surface area contributed by atoms with E-state index in [0.29, 0.717) is 25.9 Å². The number of carbonyl (C=O) groups excluding carboxylic acids is 1. The molecule has 0 spiro atoms. The van der Waals surface area contributed by atoms with Crippen LogP contribution in [-0.2, 0) is 11.3 Å². The third kappa shape index (κ3) is 4.95. The highest BCUT2D eigenvalue weighted by atomic mass is 16.3. The first-order valence-electron chi connectivity index (χ1n) is 5.99. The van der Waals surface area contributed by atoms with Gasteiger partial charge >= 0.3 is 0 Å². The molecule has 0 aliphatic heterocycles. The van der Waals surface area contributed by atoms with Crippen LogP contribution in [0.2, 0.25) is 0 Å². The Morgan fingerprint density at radius 1 is 1.53 bits per heavy atom. The van der Waals surface area contributed by atoms with Crippen molar-refractivity contribution in [2.75, 3.05) is 6.54 Å². The molecule has 0 bridgehead atoms. The van der Waals surface area contributed by atoms with Gasteiger partial charge in [-0.25, -0.2) is 0 Å². The lowest BCUT2D eigenvalue weighted by atomic mass is 10.2. The molecule has 0 saturated carbocycles. The van der Waals surface area contributed by atoms with Gasteiger partial charge in [-0.05, 0) is 32.4 Å². The first-order chi connectivity index (χ1) is 8.13. The first-order valence-corrected chi connectivity index (χ1v) is 5.99. The Labute approximate surface area is 102 Å². The van der Waals surface area contributed by atoms with E-state index in [-0.39, 0.29) is 5.91 Å². The molecule has 1 rings (SSSR count). The van der Waals surface area contributed by atoms with E-state index in [9.17, 15) is 4.79 Å². The van der Waals surface area contributed by atoms with Gasteiger partial charge in [0.2, 0.25) is 5.91 Å². The maximum atomic E-state index is 11.9. The number of amides is 1. The molecule has 1 atom stereocenters. The lowest BCUT2D eigenvalue weighted by Gasteiger charge is -2.20. The molecule has 0 aromatic carbocycles. The van der Waals surface area contributed by atoms with Gasteiger partial charge in [0, 0.05) is 19.2 Å². The number of aliphatic hydroxyl groups excluding tert-OH is 1. The SMILES string of the molecule is CCN(Cc1ccccn1)C(=O)CCC(C)O. The van der Waals surface area contributed by atoms with Crippen LogP contribution < -0.4 is 0 Å². The van der Waals surface area contributed by atoms with Crippen molar-refractivity contribution in [2.45, 2.75) is 39.3 Å². The van der Waals surface area contributed by atoms with Crippen LogP contribution in [0.25, 0.3) is 0 Å². The van der Waals surface area contributed by atoms with Crippen LogP contribution >= 0.6 is 0 Å². The largest absolute Gasteiger partial charge is 0.393 e. The fourth-order valence-corrected chi connectivity index (χ4v) is 1.55. The molecular formula is C13H20N2O2. The van der Waals surface area contributed by atoms with Crippen LogP contribution in [0.5, 0.6) is 0 Å². The lowest BCUT2D eigenvalue weighted by Crippen LogP contribution is -2.31. The fourth-order valence-electron chi connectivity index (χ4n) is 1.55. The van der Waals surface area contributed by atoms with Crippen molar-refractivity contribution in [3.8, 4) is 0 Å². The topological polar surface area (TPSA) is 53.4 Å². The molecule has 1 aromatic heterocycles. The van der Waals surface area contributed by atoms with Gasteiger partial charge in [-0.2, -0.15) is 0 Å². The molecule has 0 aliphatic rings. The zero-order chi connectivity index (χ0) is 12.7. The summed E-state index contributed by atoms with van der Waals surface area (Å²) in [5.41, 5.74) is 0.889. The van der Waals surface area contributed by atoms with Gasteiger partial charge in [-0.15, -0.1) is 0 Å². The molecule has 1 unspecified atom stereocenters. The number of aliphatic hydroxyl groups is 1. The Kier molecular flexibility index (Phi) is 5.63. The minimum atomic E-state index is -0.424. The molecule has 0 radical (unpaired) electrons. The van der Waals surface area contributed by atoms with Crippen LogP contribution in [0.1, 0.15) is 32.4 Å². The molecule has 4 heteroatoms. The summed E-state index contributed by atoms with van der Waals surface area (Å²) in [5, 5.41) is 9.16. The molecule has 1 heterocycles. The molecule has 4 nitrogen and oxygen atoms in total. The number of pyridine rings is 1. The van der Waals surface area contributed by atoms with E-state index in [1.54, 1.807) is 18.0 Å².